The van der Waals surface area contributed by atoms with Gasteiger partial charge in [0.15, 0.2) is 0 Å². The third-order valence-electron chi connectivity index (χ3n) is 3.29. The Bertz CT molecular complexity index is 1100. The Labute approximate surface area is 169 Å². The maximum Gasteiger partial charge on any atom is 0.298 e. The number of hydrogen-bond donors (Lipinski definition) is 2. The topological polar surface area (TPSA) is 149 Å². The van der Waals surface area contributed by atoms with Crippen LogP contribution in [-0.2, 0) is 29.2 Å². The summed E-state index contributed by atoms with van der Waals surface area (Å²) in [6, 6.07) is 6.75. The minimum Gasteiger partial charge on any atom is -0.277 e. The molecule has 0 amide bonds. The lowest BCUT2D eigenvalue weighted by Gasteiger charge is -2.14. The van der Waals surface area contributed by atoms with E-state index in [1.165, 1.54) is 26.2 Å². The van der Waals surface area contributed by atoms with Crippen molar-refractivity contribution >= 4 is 32.0 Å². The van der Waals surface area contributed by atoms with E-state index in [0.717, 1.165) is 12.1 Å². The zero-order valence-electron chi connectivity index (χ0n) is 16.2. The zero-order chi connectivity index (χ0) is 21.7. The molecular weight excluding hydrogens is 422 g/mol. The summed E-state index contributed by atoms with van der Waals surface area (Å²) in [5, 5.41) is 0. The summed E-state index contributed by atoms with van der Waals surface area (Å²) in [6.45, 7) is 4.79. The monoisotopic (exact) mass is 443 g/mol. The first-order valence-corrected chi connectivity index (χ1v) is 11.2. The summed E-state index contributed by atoms with van der Waals surface area (Å²) in [6.07, 6.45) is 0. The third kappa shape index (κ3) is 5.93. The SMILES string of the molecule is CCOS(=O)(=O)c1ccccc1S(=O)(=O)NC(=Nc1nc(C)cc(C)n1)NOC. The standard InChI is InChI=1S/C16H21N5O6S2/c1-5-27-29(24,25)14-9-7-6-8-13(14)28(22,23)21-16(20-26-4)19-15-17-11(2)10-12(3)18-15/h6-10H,5H2,1-4H3,(H2,17,18,19,20,21). The van der Waals surface area contributed by atoms with E-state index in [2.05, 4.69) is 25.2 Å². The number of sulfonamides is 1. The highest BCUT2D eigenvalue weighted by Crippen LogP contribution is 2.22. The van der Waals surface area contributed by atoms with Crippen molar-refractivity contribution in [2.45, 2.75) is 30.6 Å². The molecule has 0 aliphatic heterocycles. The number of aliphatic imine (C=N–C) groups is 1. The van der Waals surface area contributed by atoms with Gasteiger partial charge in [0.05, 0.1) is 13.7 Å². The summed E-state index contributed by atoms with van der Waals surface area (Å²) >= 11 is 0. The number of nitrogens with one attached hydrogen (secondary N) is 2. The molecule has 11 nitrogen and oxygen atoms in total. The first-order valence-electron chi connectivity index (χ1n) is 8.30. The Morgan fingerprint density at radius 1 is 1.07 bits per heavy atom. The lowest BCUT2D eigenvalue weighted by Crippen LogP contribution is -2.40. The largest absolute Gasteiger partial charge is 0.298 e. The summed E-state index contributed by atoms with van der Waals surface area (Å²) in [5.74, 6) is -0.374. The number of hydroxylamine groups is 1. The number of benzene rings is 1. The van der Waals surface area contributed by atoms with Crippen molar-refractivity contribution in [2.75, 3.05) is 13.7 Å². The molecule has 158 valence electrons. The molecule has 1 heterocycles. The van der Waals surface area contributed by atoms with Gasteiger partial charge in [-0.15, -0.1) is 0 Å². The van der Waals surface area contributed by atoms with E-state index < -0.39 is 29.9 Å². The van der Waals surface area contributed by atoms with Crippen molar-refractivity contribution in [1.29, 1.82) is 0 Å². The average molecular weight is 444 g/mol. The van der Waals surface area contributed by atoms with Gasteiger partial charge in [0.25, 0.3) is 26.1 Å². The van der Waals surface area contributed by atoms with E-state index in [0.29, 0.717) is 11.4 Å². The molecule has 13 heteroatoms. The van der Waals surface area contributed by atoms with E-state index in [4.69, 9.17) is 9.02 Å². The average Bonchev–Trinajstić information content (AvgIpc) is 2.60. The van der Waals surface area contributed by atoms with Crippen LogP contribution in [-0.4, -0.2) is 46.5 Å². The molecule has 1 aromatic heterocycles. The van der Waals surface area contributed by atoms with Gasteiger partial charge < -0.3 is 0 Å². The Morgan fingerprint density at radius 2 is 1.66 bits per heavy atom. The minimum atomic E-state index is -4.39. The molecule has 0 saturated heterocycles. The summed E-state index contributed by atoms with van der Waals surface area (Å²) in [7, 11) is -7.42. The van der Waals surface area contributed by atoms with Gasteiger partial charge in [0, 0.05) is 11.4 Å². The number of nitrogens with zero attached hydrogens (tertiary/aromatic N) is 3. The molecule has 2 aromatic rings. The highest BCUT2D eigenvalue weighted by atomic mass is 32.2. The molecule has 29 heavy (non-hydrogen) atoms. The molecule has 0 aliphatic carbocycles. The number of rotatable bonds is 7. The van der Waals surface area contributed by atoms with E-state index in [9.17, 15) is 16.8 Å². The predicted octanol–water partition coefficient (Wildman–Crippen LogP) is 0.936. The first kappa shape index (κ1) is 22.7. The van der Waals surface area contributed by atoms with Crippen molar-refractivity contribution in [3.63, 3.8) is 0 Å². The van der Waals surface area contributed by atoms with Crippen LogP contribution >= 0.6 is 0 Å². The molecule has 0 saturated carbocycles. The maximum atomic E-state index is 12.9. The molecular formula is C16H21N5O6S2. The maximum absolute atomic E-state index is 12.9. The van der Waals surface area contributed by atoms with Crippen molar-refractivity contribution in [3.8, 4) is 0 Å². The lowest BCUT2D eigenvalue weighted by atomic mass is 10.4. The molecule has 0 bridgehead atoms. The number of aromatic nitrogens is 2. The smallest absolute Gasteiger partial charge is 0.277 e. The fraction of sp³-hybridized carbons (Fsp3) is 0.312. The van der Waals surface area contributed by atoms with Crippen LogP contribution in [0.2, 0.25) is 0 Å². The second-order valence-electron chi connectivity index (χ2n) is 5.63. The van der Waals surface area contributed by atoms with Gasteiger partial charge in [-0.1, -0.05) is 12.1 Å². The molecule has 2 N–H and O–H groups in total. The van der Waals surface area contributed by atoms with Gasteiger partial charge >= 0.3 is 0 Å². The Balaban J connectivity index is 2.49. The van der Waals surface area contributed by atoms with Gasteiger partial charge in [-0.3, -0.25) is 9.02 Å². The first-order chi connectivity index (χ1) is 13.6. The van der Waals surface area contributed by atoms with Crippen LogP contribution in [0.1, 0.15) is 18.3 Å². The summed E-state index contributed by atoms with van der Waals surface area (Å²) in [5.41, 5.74) is 3.54. The fourth-order valence-electron chi connectivity index (χ4n) is 2.30. The van der Waals surface area contributed by atoms with E-state index in [1.54, 1.807) is 19.9 Å². The normalized spacial score (nSPS) is 12.6. The Morgan fingerprint density at radius 3 is 2.21 bits per heavy atom. The van der Waals surface area contributed by atoms with Crippen LogP contribution in [0, 0.1) is 13.8 Å². The third-order valence-corrected chi connectivity index (χ3v) is 6.26. The summed E-state index contributed by atoms with van der Waals surface area (Å²) < 4.78 is 57.1. The number of hydrogen-bond acceptors (Lipinski definition) is 9. The Kier molecular flexibility index (Phi) is 7.24. The van der Waals surface area contributed by atoms with E-state index in [1.807, 2.05) is 0 Å². The Hall–Kier alpha value is -2.61. The van der Waals surface area contributed by atoms with Crippen molar-refractivity contribution in [3.05, 3.63) is 41.7 Å². The fourth-order valence-corrected chi connectivity index (χ4v) is 4.97. The highest BCUT2D eigenvalue weighted by Gasteiger charge is 2.27. The van der Waals surface area contributed by atoms with E-state index in [-0.39, 0.29) is 18.5 Å². The molecule has 2 rings (SSSR count). The second kappa shape index (κ2) is 9.26. The van der Waals surface area contributed by atoms with E-state index >= 15 is 0 Å². The molecule has 0 radical (unpaired) electrons. The highest BCUT2D eigenvalue weighted by molar-refractivity contribution is 7.92. The molecule has 0 fully saturated rings. The molecule has 0 aliphatic rings. The number of aryl methyl sites for hydroxylation is 2. The number of guanidine groups is 1. The van der Waals surface area contributed by atoms with Crippen LogP contribution in [0.15, 0.2) is 45.1 Å². The van der Waals surface area contributed by atoms with Gasteiger partial charge in [-0.2, -0.15) is 13.4 Å². The molecule has 0 atom stereocenters. The van der Waals surface area contributed by atoms with Crippen LogP contribution in [0.4, 0.5) is 5.95 Å². The second-order valence-corrected chi connectivity index (χ2v) is 8.86. The van der Waals surface area contributed by atoms with Gasteiger partial charge in [-0.25, -0.2) is 28.6 Å². The van der Waals surface area contributed by atoms with Crippen molar-refractivity contribution in [1.82, 2.24) is 20.2 Å². The molecule has 0 unspecified atom stereocenters. The van der Waals surface area contributed by atoms with Crippen LogP contribution in [0.5, 0.6) is 0 Å². The molecule has 1 aromatic carbocycles. The van der Waals surface area contributed by atoms with Crippen LogP contribution in [0.3, 0.4) is 0 Å². The predicted molar refractivity (Wildman–Crippen MR) is 104 cm³/mol. The molecule has 0 spiro atoms. The van der Waals surface area contributed by atoms with Crippen molar-refractivity contribution < 1.29 is 25.9 Å². The van der Waals surface area contributed by atoms with Gasteiger partial charge in [-0.05, 0) is 39.0 Å². The van der Waals surface area contributed by atoms with Gasteiger partial charge in [0.1, 0.15) is 9.79 Å². The zero-order valence-corrected chi connectivity index (χ0v) is 17.8. The quantitative estimate of drug-likeness (QED) is 0.276. The summed E-state index contributed by atoms with van der Waals surface area (Å²) in [4.78, 5) is 15.9. The minimum absolute atomic E-state index is 0.0139. The lowest BCUT2D eigenvalue weighted by molar-refractivity contribution is 0.142. The van der Waals surface area contributed by atoms with Crippen LogP contribution in [0.25, 0.3) is 0 Å². The van der Waals surface area contributed by atoms with Crippen LogP contribution < -0.4 is 10.2 Å². The van der Waals surface area contributed by atoms with Crippen molar-refractivity contribution in [2.24, 2.45) is 4.99 Å². The van der Waals surface area contributed by atoms with Gasteiger partial charge in [0.2, 0.25) is 5.96 Å².